The molecule has 0 amide bonds. The summed E-state index contributed by atoms with van der Waals surface area (Å²) >= 11 is 0. The summed E-state index contributed by atoms with van der Waals surface area (Å²) < 4.78 is -0.405. The molecule has 13 heavy (non-hydrogen) atoms. The second-order valence-corrected chi connectivity index (χ2v) is 2.72. The van der Waals surface area contributed by atoms with Gasteiger partial charge in [-0.25, -0.2) is 4.79 Å². The van der Waals surface area contributed by atoms with Gasteiger partial charge in [0.15, 0.2) is 6.20 Å². The van der Waals surface area contributed by atoms with Gasteiger partial charge in [-0.3, -0.25) is 0 Å². The van der Waals surface area contributed by atoms with Crippen molar-refractivity contribution in [1.82, 2.24) is 0 Å². The molecule has 0 radical (unpaired) electrons. The molecule has 0 aromatic carbocycles. The van der Waals surface area contributed by atoms with Gasteiger partial charge in [0.1, 0.15) is 11.8 Å². The summed E-state index contributed by atoms with van der Waals surface area (Å²) in [5, 5.41) is 16.0. The first-order valence-electron chi connectivity index (χ1n) is 3.56. The summed E-state index contributed by atoms with van der Waals surface area (Å²) in [5.41, 5.74) is 0.755. The van der Waals surface area contributed by atoms with E-state index in [2.05, 4.69) is 10.3 Å². The van der Waals surface area contributed by atoms with Crippen LogP contribution in [0.15, 0.2) is 46.2 Å². The number of quaternary nitrogens is 1. The minimum Gasteiger partial charge on any atom is -0.477 e. The second kappa shape index (κ2) is 2.35. The number of nitrogens with zero attached hydrogens (tertiary/aromatic N) is 3. The van der Waals surface area contributed by atoms with Crippen molar-refractivity contribution in [1.29, 1.82) is 0 Å². The summed E-state index contributed by atoms with van der Waals surface area (Å²) in [6, 6.07) is 0. The number of allylic oxidation sites excluding steroid dienone is 1. The van der Waals surface area contributed by atoms with Gasteiger partial charge in [-0.2, -0.15) is 0 Å². The monoisotopic (exact) mass is 179 g/mol. The molecule has 2 aliphatic rings. The molecular formula is C7H7N4O2+. The van der Waals surface area contributed by atoms with Gasteiger partial charge in [-0.15, -0.1) is 5.84 Å². The van der Waals surface area contributed by atoms with Crippen molar-refractivity contribution in [2.24, 2.45) is 16.2 Å². The van der Waals surface area contributed by atoms with E-state index >= 15 is 0 Å². The van der Waals surface area contributed by atoms with Gasteiger partial charge in [-0.05, 0) is 10.8 Å². The summed E-state index contributed by atoms with van der Waals surface area (Å²) in [4.78, 5) is 10.6. The highest BCUT2D eigenvalue weighted by molar-refractivity contribution is 5.89. The molecule has 0 spiro atoms. The Morgan fingerprint density at radius 1 is 1.54 bits per heavy atom. The molecule has 66 valence electrons. The molecule has 1 atom stereocenters. The highest BCUT2D eigenvalue weighted by Gasteiger charge is 2.35. The number of rotatable bonds is 1. The smallest absolute Gasteiger partial charge is 0.341 e. The molecule has 2 heterocycles. The second-order valence-electron chi connectivity index (χ2n) is 2.72. The molecular weight excluding hydrogens is 172 g/mol. The van der Waals surface area contributed by atoms with Crippen molar-refractivity contribution in [3.05, 3.63) is 35.8 Å². The van der Waals surface area contributed by atoms with E-state index in [0.717, 1.165) is 0 Å². The number of hydrogen-bond donors (Lipinski definition) is 2. The minimum absolute atomic E-state index is 0.112. The van der Waals surface area contributed by atoms with Gasteiger partial charge in [0, 0.05) is 6.08 Å². The van der Waals surface area contributed by atoms with E-state index in [-0.39, 0.29) is 5.57 Å². The van der Waals surface area contributed by atoms with E-state index in [1.54, 1.807) is 6.08 Å². The normalized spacial score (nSPS) is 29.6. The zero-order chi connectivity index (χ0) is 9.47. The van der Waals surface area contributed by atoms with Crippen LogP contribution in [0, 0.1) is 0 Å². The quantitative estimate of drug-likeness (QED) is 0.452. The third-order valence-electron chi connectivity index (χ3n) is 1.82. The Kier molecular flexibility index (Phi) is 1.42. The summed E-state index contributed by atoms with van der Waals surface area (Å²) in [5.74, 6) is 4.68. The average molecular weight is 179 g/mol. The largest absolute Gasteiger partial charge is 0.477 e. The minimum atomic E-state index is -1.03. The number of aliphatic carboxylic acids is 1. The van der Waals surface area contributed by atoms with Crippen LogP contribution in [0.25, 0.3) is 0 Å². The van der Waals surface area contributed by atoms with Crippen LogP contribution >= 0.6 is 0 Å². The SMILES string of the molecule is N[N+]12C=C(C(=O)O)C=CC1=CN=N2. The zero-order valence-corrected chi connectivity index (χ0v) is 6.58. The fourth-order valence-corrected chi connectivity index (χ4v) is 1.13. The van der Waals surface area contributed by atoms with Crippen LogP contribution < -0.4 is 5.84 Å². The number of carbonyl (C=O) groups is 1. The first-order chi connectivity index (χ1) is 6.12. The topological polar surface area (TPSA) is 88.0 Å². The predicted octanol–water partition coefficient (Wildman–Crippen LogP) is 0.437. The molecule has 1 unspecified atom stereocenters. The molecule has 2 aliphatic heterocycles. The first kappa shape index (κ1) is 7.84. The molecule has 0 aromatic heterocycles. The Bertz CT molecular complexity index is 393. The molecule has 6 nitrogen and oxygen atoms in total. The van der Waals surface area contributed by atoms with Crippen LogP contribution in [-0.2, 0) is 4.79 Å². The Labute approximate surface area is 73.5 Å². The maximum Gasteiger partial charge on any atom is 0.341 e. The van der Waals surface area contributed by atoms with Crippen molar-refractivity contribution >= 4 is 5.97 Å². The predicted molar refractivity (Wildman–Crippen MR) is 42.2 cm³/mol. The number of nitrogens with two attached hydrogens (primary N) is 1. The van der Waals surface area contributed by atoms with E-state index in [9.17, 15) is 4.79 Å². The molecule has 2 rings (SSSR count). The van der Waals surface area contributed by atoms with Crippen molar-refractivity contribution < 1.29 is 14.6 Å². The molecule has 3 N–H and O–H groups in total. The number of carboxylic acid groups (broad SMARTS) is 1. The summed E-state index contributed by atoms with van der Waals surface area (Å²) in [6.45, 7) is 0. The highest BCUT2D eigenvalue weighted by atomic mass is 16.4. The van der Waals surface area contributed by atoms with Gasteiger partial charge in [0.05, 0.1) is 5.22 Å². The Morgan fingerprint density at radius 3 is 3.00 bits per heavy atom. The summed E-state index contributed by atoms with van der Waals surface area (Å²) in [6.07, 6.45) is 5.87. The average Bonchev–Trinajstić information content (AvgIpc) is 2.44. The molecule has 0 bridgehead atoms. The van der Waals surface area contributed by atoms with Gasteiger partial charge in [0.25, 0.3) is 0 Å². The van der Waals surface area contributed by atoms with Gasteiger partial charge in [-0.1, -0.05) is 5.11 Å². The Hall–Kier alpha value is -1.79. The lowest BCUT2D eigenvalue weighted by Gasteiger charge is -2.18. The molecule has 0 saturated carbocycles. The molecule has 0 aromatic rings. The third-order valence-corrected chi connectivity index (χ3v) is 1.82. The lowest BCUT2D eigenvalue weighted by molar-refractivity contribution is -0.859. The zero-order valence-electron chi connectivity index (χ0n) is 6.58. The fraction of sp³-hybridized carbons (Fsp3) is 0. The van der Waals surface area contributed by atoms with Crippen molar-refractivity contribution in [3.8, 4) is 0 Å². The third kappa shape index (κ3) is 1.08. The van der Waals surface area contributed by atoms with E-state index in [1.165, 1.54) is 18.5 Å². The van der Waals surface area contributed by atoms with E-state index < -0.39 is 10.7 Å². The van der Waals surface area contributed by atoms with Crippen LogP contribution in [0.1, 0.15) is 0 Å². The molecule has 0 fully saturated rings. The van der Waals surface area contributed by atoms with E-state index in [4.69, 9.17) is 10.9 Å². The van der Waals surface area contributed by atoms with Crippen molar-refractivity contribution in [2.45, 2.75) is 0 Å². The van der Waals surface area contributed by atoms with Gasteiger partial charge in [0.2, 0.25) is 5.70 Å². The Morgan fingerprint density at radius 2 is 2.31 bits per heavy atom. The van der Waals surface area contributed by atoms with Crippen LogP contribution in [0.5, 0.6) is 0 Å². The number of fused-ring (bicyclic) bond motifs is 1. The fourth-order valence-electron chi connectivity index (χ4n) is 1.13. The van der Waals surface area contributed by atoms with Crippen LogP contribution in [0.3, 0.4) is 0 Å². The maximum atomic E-state index is 10.6. The molecule has 0 saturated heterocycles. The standard InChI is InChI=1S/C7H6N4O2/c8-11-4-5(7(12)13)1-2-6(11)3-9-10-11/h1-4H,8H2/p+1. The van der Waals surface area contributed by atoms with Crippen molar-refractivity contribution in [3.63, 3.8) is 0 Å². The lowest BCUT2D eigenvalue weighted by Crippen LogP contribution is -2.42. The van der Waals surface area contributed by atoms with E-state index in [0.29, 0.717) is 5.70 Å². The Balaban J connectivity index is 2.46. The highest BCUT2D eigenvalue weighted by Crippen LogP contribution is 2.27. The number of hydrogen-bond acceptors (Lipinski definition) is 4. The summed E-state index contributed by atoms with van der Waals surface area (Å²) in [7, 11) is 0. The molecule has 6 heteroatoms. The van der Waals surface area contributed by atoms with Gasteiger partial charge >= 0.3 is 5.97 Å². The molecule has 0 aliphatic carbocycles. The van der Waals surface area contributed by atoms with E-state index in [1.807, 2.05) is 0 Å². The van der Waals surface area contributed by atoms with Gasteiger partial charge < -0.3 is 5.11 Å². The van der Waals surface area contributed by atoms with Crippen LogP contribution in [-0.4, -0.2) is 15.8 Å². The lowest BCUT2D eigenvalue weighted by atomic mass is 10.2. The maximum absolute atomic E-state index is 10.6. The number of carboxylic acids is 1. The van der Waals surface area contributed by atoms with Crippen LogP contribution in [0.2, 0.25) is 0 Å². The van der Waals surface area contributed by atoms with Crippen LogP contribution in [0.4, 0.5) is 0 Å². The van der Waals surface area contributed by atoms with Crippen molar-refractivity contribution in [2.75, 3.05) is 0 Å². The first-order valence-corrected chi connectivity index (χ1v) is 3.56.